The Morgan fingerprint density at radius 1 is 1.40 bits per heavy atom. The molecule has 0 fully saturated rings. The largest absolute Gasteiger partial charge is 0.416 e. The monoisotopic (exact) mass is 305 g/mol. The molecule has 8 heteroatoms. The second-order valence-corrected chi connectivity index (χ2v) is 4.51. The van der Waals surface area contributed by atoms with Crippen molar-refractivity contribution in [2.24, 2.45) is 0 Å². The van der Waals surface area contributed by atoms with Crippen LogP contribution in [0.5, 0.6) is 0 Å². The molecule has 0 unspecified atom stereocenters. The molecule has 4 nitrogen and oxygen atoms in total. The van der Waals surface area contributed by atoms with Crippen molar-refractivity contribution in [2.75, 3.05) is 13.6 Å². The number of hydrogen-bond acceptors (Lipinski definition) is 3. The maximum Gasteiger partial charge on any atom is 0.416 e. The van der Waals surface area contributed by atoms with Crippen LogP contribution in [0.2, 0.25) is 5.28 Å². The van der Waals surface area contributed by atoms with Crippen molar-refractivity contribution in [3.8, 4) is 0 Å². The smallest absolute Gasteiger partial charge is 0.318 e. The van der Waals surface area contributed by atoms with Crippen molar-refractivity contribution in [1.29, 1.82) is 0 Å². The van der Waals surface area contributed by atoms with Crippen LogP contribution in [0.3, 0.4) is 0 Å². The first-order chi connectivity index (χ1) is 9.34. The zero-order valence-corrected chi connectivity index (χ0v) is 11.2. The van der Waals surface area contributed by atoms with Gasteiger partial charge in [-0.3, -0.25) is 9.36 Å². The molecule has 0 spiro atoms. The maximum atomic E-state index is 12.6. The van der Waals surface area contributed by atoms with Gasteiger partial charge in [0.05, 0.1) is 16.5 Å². The van der Waals surface area contributed by atoms with Crippen LogP contribution in [0.15, 0.2) is 23.0 Å². The molecule has 1 aromatic carbocycles. The van der Waals surface area contributed by atoms with Crippen LogP contribution in [0.4, 0.5) is 13.2 Å². The van der Waals surface area contributed by atoms with E-state index in [2.05, 4.69) is 10.3 Å². The molecular formula is C12H11ClF3N3O. The predicted octanol–water partition coefficient (Wildman–Crippen LogP) is 2.29. The summed E-state index contributed by atoms with van der Waals surface area (Å²) in [7, 11) is 1.71. The molecule has 0 aliphatic carbocycles. The van der Waals surface area contributed by atoms with Crippen molar-refractivity contribution in [3.05, 3.63) is 39.4 Å². The van der Waals surface area contributed by atoms with E-state index in [1.54, 1.807) is 7.05 Å². The van der Waals surface area contributed by atoms with Crippen LogP contribution < -0.4 is 10.9 Å². The number of fused-ring (bicyclic) bond motifs is 1. The van der Waals surface area contributed by atoms with Crippen molar-refractivity contribution in [1.82, 2.24) is 14.9 Å². The Labute approximate surface area is 117 Å². The van der Waals surface area contributed by atoms with Crippen molar-refractivity contribution in [3.63, 3.8) is 0 Å². The Balaban J connectivity index is 2.61. The van der Waals surface area contributed by atoms with E-state index in [0.717, 1.165) is 18.2 Å². The van der Waals surface area contributed by atoms with Crippen LogP contribution in [-0.4, -0.2) is 23.1 Å². The quantitative estimate of drug-likeness (QED) is 0.885. The minimum atomic E-state index is -4.48. The molecule has 1 aromatic heterocycles. The third kappa shape index (κ3) is 2.78. The van der Waals surface area contributed by atoms with E-state index >= 15 is 0 Å². The second kappa shape index (κ2) is 5.41. The first-order valence-electron chi connectivity index (χ1n) is 5.76. The lowest BCUT2D eigenvalue weighted by atomic mass is 10.1. The van der Waals surface area contributed by atoms with Crippen molar-refractivity contribution in [2.45, 2.75) is 12.7 Å². The Bertz CT molecular complexity index is 697. The van der Waals surface area contributed by atoms with Gasteiger partial charge < -0.3 is 5.32 Å². The summed E-state index contributed by atoms with van der Waals surface area (Å²) < 4.78 is 39.0. The molecule has 0 amide bonds. The molecule has 2 aromatic rings. The van der Waals surface area contributed by atoms with Gasteiger partial charge in [-0.1, -0.05) is 0 Å². The molecule has 108 valence electrons. The first-order valence-corrected chi connectivity index (χ1v) is 6.14. The fourth-order valence-corrected chi connectivity index (χ4v) is 2.04. The Morgan fingerprint density at radius 2 is 2.10 bits per heavy atom. The molecule has 0 saturated heterocycles. The maximum absolute atomic E-state index is 12.6. The Kier molecular flexibility index (Phi) is 4.01. The van der Waals surface area contributed by atoms with Crippen LogP contribution in [-0.2, 0) is 12.7 Å². The molecular weight excluding hydrogens is 295 g/mol. The number of nitrogens with zero attached hydrogens (tertiary/aromatic N) is 2. The molecule has 0 radical (unpaired) electrons. The normalized spacial score (nSPS) is 12.1. The van der Waals surface area contributed by atoms with Gasteiger partial charge in [-0.15, -0.1) is 0 Å². The summed E-state index contributed by atoms with van der Waals surface area (Å²) in [5, 5.41) is 2.83. The van der Waals surface area contributed by atoms with Gasteiger partial charge in [0, 0.05) is 13.1 Å². The van der Waals surface area contributed by atoms with Gasteiger partial charge in [0.15, 0.2) is 0 Å². The summed E-state index contributed by atoms with van der Waals surface area (Å²) in [4.78, 5) is 16.0. The Morgan fingerprint density at radius 3 is 2.70 bits per heavy atom. The van der Waals surface area contributed by atoms with Crippen LogP contribution in [0.1, 0.15) is 5.56 Å². The molecule has 20 heavy (non-hydrogen) atoms. The van der Waals surface area contributed by atoms with Gasteiger partial charge in [0.1, 0.15) is 0 Å². The van der Waals surface area contributed by atoms with Crippen LogP contribution in [0, 0.1) is 0 Å². The lowest BCUT2D eigenvalue weighted by Gasteiger charge is -2.11. The third-order valence-corrected chi connectivity index (χ3v) is 3.11. The minimum Gasteiger partial charge on any atom is -0.318 e. The van der Waals surface area contributed by atoms with E-state index in [1.165, 1.54) is 4.57 Å². The SMILES string of the molecule is CNCCn1c(Cl)nc2cc(C(F)(F)F)ccc2c1=O. The number of rotatable bonds is 3. The number of hydrogen-bond donors (Lipinski definition) is 1. The summed E-state index contributed by atoms with van der Waals surface area (Å²) >= 11 is 5.85. The molecule has 0 atom stereocenters. The zero-order valence-electron chi connectivity index (χ0n) is 10.5. The molecule has 1 heterocycles. The van der Waals surface area contributed by atoms with E-state index in [4.69, 9.17) is 11.6 Å². The first kappa shape index (κ1) is 14.8. The molecule has 0 aliphatic heterocycles. The summed E-state index contributed by atoms with van der Waals surface area (Å²) in [5.74, 6) is 0. The average molecular weight is 306 g/mol. The number of likely N-dealkylation sites (N-methyl/N-ethyl adjacent to an activating group) is 1. The van der Waals surface area contributed by atoms with E-state index in [-0.39, 0.29) is 22.7 Å². The third-order valence-electron chi connectivity index (χ3n) is 2.82. The minimum absolute atomic E-state index is 0.0597. The fraction of sp³-hybridized carbons (Fsp3) is 0.333. The predicted molar refractivity (Wildman–Crippen MR) is 69.9 cm³/mol. The zero-order chi connectivity index (χ0) is 14.9. The molecule has 0 saturated carbocycles. The number of benzene rings is 1. The van der Waals surface area contributed by atoms with Gasteiger partial charge in [0.2, 0.25) is 5.28 Å². The highest BCUT2D eigenvalue weighted by atomic mass is 35.5. The average Bonchev–Trinajstić information content (AvgIpc) is 2.37. The van der Waals surface area contributed by atoms with Gasteiger partial charge in [-0.25, -0.2) is 4.98 Å². The van der Waals surface area contributed by atoms with Crippen LogP contribution >= 0.6 is 11.6 Å². The molecule has 2 rings (SSSR count). The summed E-state index contributed by atoms with van der Waals surface area (Å²) in [6.45, 7) is 0.783. The Hall–Kier alpha value is -1.60. The summed E-state index contributed by atoms with van der Waals surface area (Å²) in [5.41, 5.74) is -1.37. The number of aromatic nitrogens is 2. The number of nitrogens with one attached hydrogen (secondary N) is 1. The van der Waals surface area contributed by atoms with E-state index < -0.39 is 17.3 Å². The van der Waals surface area contributed by atoms with Crippen molar-refractivity contribution < 1.29 is 13.2 Å². The van der Waals surface area contributed by atoms with Gasteiger partial charge in [0.25, 0.3) is 5.56 Å². The molecule has 0 bridgehead atoms. The second-order valence-electron chi connectivity index (χ2n) is 4.17. The summed E-state index contributed by atoms with van der Waals surface area (Å²) in [6.07, 6.45) is -4.48. The lowest BCUT2D eigenvalue weighted by molar-refractivity contribution is -0.137. The highest BCUT2D eigenvalue weighted by molar-refractivity contribution is 6.28. The van der Waals surface area contributed by atoms with Gasteiger partial charge in [-0.2, -0.15) is 13.2 Å². The molecule has 0 aliphatic rings. The van der Waals surface area contributed by atoms with E-state index in [0.29, 0.717) is 6.54 Å². The highest BCUT2D eigenvalue weighted by Crippen LogP contribution is 2.30. The highest BCUT2D eigenvalue weighted by Gasteiger charge is 2.30. The van der Waals surface area contributed by atoms with Gasteiger partial charge in [-0.05, 0) is 36.8 Å². The standard InChI is InChI=1S/C12H11ClF3N3O/c1-17-4-5-19-10(20)8-3-2-7(12(14,15)16)6-9(8)18-11(19)13/h2-3,6,17H,4-5H2,1H3. The fourth-order valence-electron chi connectivity index (χ4n) is 1.79. The van der Waals surface area contributed by atoms with Gasteiger partial charge >= 0.3 is 6.18 Å². The lowest BCUT2D eigenvalue weighted by Crippen LogP contribution is -2.27. The van der Waals surface area contributed by atoms with E-state index in [1.807, 2.05) is 0 Å². The number of alkyl halides is 3. The number of halogens is 4. The topological polar surface area (TPSA) is 46.9 Å². The van der Waals surface area contributed by atoms with Crippen LogP contribution in [0.25, 0.3) is 10.9 Å². The van der Waals surface area contributed by atoms with Crippen molar-refractivity contribution >= 4 is 22.5 Å². The van der Waals surface area contributed by atoms with E-state index in [9.17, 15) is 18.0 Å². The molecule has 1 N–H and O–H groups in total. The summed E-state index contributed by atoms with van der Waals surface area (Å²) in [6, 6.07) is 2.81.